The maximum atomic E-state index is 10.4. The molecule has 0 fully saturated rings. The van der Waals surface area contributed by atoms with Crippen molar-refractivity contribution in [2.24, 2.45) is 0 Å². The number of rotatable bonds is 1. The zero-order chi connectivity index (χ0) is 8.48. The van der Waals surface area contributed by atoms with Gasteiger partial charge in [-0.3, -0.25) is 4.55 Å². The molecule has 60 valence electrons. The van der Waals surface area contributed by atoms with E-state index in [-0.39, 0.29) is 5.15 Å². The van der Waals surface area contributed by atoms with Crippen LogP contribution in [0.5, 0.6) is 0 Å². The van der Waals surface area contributed by atoms with E-state index in [0.29, 0.717) is 0 Å². The molecule has 0 unspecified atom stereocenters. The lowest BCUT2D eigenvalue weighted by atomic mass is 10.6. The SMILES string of the molecule is O=S(=O)(O)c1ccc(Cl)nn1. The Labute approximate surface area is 67.8 Å². The van der Waals surface area contributed by atoms with E-state index in [1.807, 2.05) is 0 Å². The van der Waals surface area contributed by atoms with Crippen LogP contribution >= 0.6 is 11.6 Å². The van der Waals surface area contributed by atoms with Gasteiger partial charge in [0.15, 0.2) is 5.15 Å². The average Bonchev–Trinajstić information content (AvgIpc) is 1.86. The minimum Gasteiger partial charge on any atom is -0.281 e. The van der Waals surface area contributed by atoms with Gasteiger partial charge in [-0.25, -0.2) is 0 Å². The lowest BCUT2D eigenvalue weighted by Crippen LogP contribution is -2.01. The molecule has 1 rings (SSSR count). The van der Waals surface area contributed by atoms with Crippen molar-refractivity contribution in [2.75, 3.05) is 0 Å². The van der Waals surface area contributed by atoms with Crippen molar-refractivity contribution < 1.29 is 13.0 Å². The summed E-state index contributed by atoms with van der Waals surface area (Å²) in [5.41, 5.74) is 0. The summed E-state index contributed by atoms with van der Waals surface area (Å²) in [4.78, 5) is 0. The lowest BCUT2D eigenvalue weighted by molar-refractivity contribution is 0.477. The van der Waals surface area contributed by atoms with Crippen LogP contribution in [0, 0.1) is 0 Å². The highest BCUT2D eigenvalue weighted by atomic mass is 35.5. The molecule has 0 aliphatic rings. The fourth-order valence-corrected chi connectivity index (χ4v) is 0.926. The summed E-state index contributed by atoms with van der Waals surface area (Å²) in [5, 5.41) is 5.91. The topological polar surface area (TPSA) is 80.2 Å². The van der Waals surface area contributed by atoms with Crippen LogP contribution in [0.3, 0.4) is 0 Å². The minimum atomic E-state index is -4.25. The fourth-order valence-electron chi connectivity index (χ4n) is 0.441. The largest absolute Gasteiger partial charge is 0.314 e. The van der Waals surface area contributed by atoms with Crippen LogP contribution in [0.2, 0.25) is 5.15 Å². The first kappa shape index (κ1) is 8.38. The van der Waals surface area contributed by atoms with Gasteiger partial charge < -0.3 is 0 Å². The second-order valence-electron chi connectivity index (χ2n) is 1.67. The smallest absolute Gasteiger partial charge is 0.281 e. The van der Waals surface area contributed by atoms with Gasteiger partial charge >= 0.3 is 10.1 Å². The zero-order valence-electron chi connectivity index (χ0n) is 5.10. The Bertz CT molecular complexity index is 346. The molecule has 11 heavy (non-hydrogen) atoms. The summed E-state index contributed by atoms with van der Waals surface area (Å²) in [6.07, 6.45) is 0. The predicted molar refractivity (Wildman–Crippen MR) is 36.9 cm³/mol. The van der Waals surface area contributed by atoms with E-state index in [1.54, 1.807) is 0 Å². The number of hydrogen-bond acceptors (Lipinski definition) is 4. The molecule has 1 aromatic heterocycles. The van der Waals surface area contributed by atoms with Crippen molar-refractivity contribution in [1.29, 1.82) is 0 Å². The maximum absolute atomic E-state index is 10.4. The van der Waals surface area contributed by atoms with Gasteiger partial charge in [0.2, 0.25) is 5.03 Å². The minimum absolute atomic E-state index is 0.0670. The van der Waals surface area contributed by atoms with Gasteiger partial charge in [0.1, 0.15) is 0 Å². The highest BCUT2D eigenvalue weighted by molar-refractivity contribution is 7.85. The highest BCUT2D eigenvalue weighted by Crippen LogP contribution is 2.06. The zero-order valence-corrected chi connectivity index (χ0v) is 6.67. The number of hydrogen-bond donors (Lipinski definition) is 1. The third-order valence-corrected chi connectivity index (χ3v) is 1.82. The van der Waals surface area contributed by atoms with Crippen LogP contribution in [0.4, 0.5) is 0 Å². The molecule has 0 amide bonds. The second kappa shape index (κ2) is 2.72. The van der Waals surface area contributed by atoms with Crippen LogP contribution < -0.4 is 0 Å². The monoisotopic (exact) mass is 194 g/mol. The Hall–Kier alpha value is -0.720. The molecule has 0 spiro atoms. The predicted octanol–water partition coefficient (Wildman–Crippen LogP) is 0.377. The molecule has 0 aliphatic carbocycles. The molecule has 0 saturated heterocycles. The van der Waals surface area contributed by atoms with Crippen molar-refractivity contribution in [3.8, 4) is 0 Å². The standard InChI is InChI=1S/C4H3ClN2O3S/c5-3-1-2-4(7-6-3)11(8,9)10/h1-2H,(H,8,9,10). The molecule has 0 radical (unpaired) electrons. The second-order valence-corrected chi connectivity index (χ2v) is 3.43. The normalized spacial score (nSPS) is 11.5. The van der Waals surface area contributed by atoms with Gasteiger partial charge in [0.05, 0.1) is 0 Å². The Morgan fingerprint density at radius 3 is 2.36 bits per heavy atom. The number of aromatic nitrogens is 2. The molecular formula is C4H3ClN2O3S. The first-order valence-corrected chi connectivity index (χ1v) is 4.28. The van der Waals surface area contributed by atoms with Gasteiger partial charge in [-0.05, 0) is 12.1 Å². The molecular weight excluding hydrogens is 192 g/mol. The van der Waals surface area contributed by atoms with E-state index in [4.69, 9.17) is 16.2 Å². The molecule has 5 nitrogen and oxygen atoms in total. The van der Waals surface area contributed by atoms with Crippen LogP contribution in [0.15, 0.2) is 17.2 Å². The van der Waals surface area contributed by atoms with E-state index in [2.05, 4.69) is 10.2 Å². The quantitative estimate of drug-likeness (QED) is 0.654. The van der Waals surface area contributed by atoms with E-state index < -0.39 is 15.1 Å². The van der Waals surface area contributed by atoms with E-state index in [9.17, 15) is 8.42 Å². The molecule has 0 aromatic carbocycles. The number of nitrogens with zero attached hydrogens (tertiary/aromatic N) is 2. The lowest BCUT2D eigenvalue weighted by Gasteiger charge is -1.92. The third kappa shape index (κ3) is 2.11. The van der Waals surface area contributed by atoms with Crippen LogP contribution in [-0.4, -0.2) is 23.2 Å². The Kier molecular flexibility index (Phi) is 2.08. The molecule has 1 N–H and O–H groups in total. The summed E-state index contributed by atoms with van der Waals surface area (Å²) in [7, 11) is -4.25. The van der Waals surface area contributed by atoms with E-state index >= 15 is 0 Å². The Balaban J connectivity index is 3.20. The van der Waals surface area contributed by atoms with Crippen molar-refractivity contribution in [1.82, 2.24) is 10.2 Å². The first-order valence-electron chi connectivity index (χ1n) is 2.47. The van der Waals surface area contributed by atoms with Crippen molar-refractivity contribution in [3.63, 3.8) is 0 Å². The maximum Gasteiger partial charge on any atom is 0.314 e. The van der Waals surface area contributed by atoms with Crippen LogP contribution in [0.1, 0.15) is 0 Å². The summed E-state index contributed by atoms with van der Waals surface area (Å²) < 4.78 is 29.1. The molecule has 0 atom stereocenters. The van der Waals surface area contributed by atoms with Crippen molar-refractivity contribution in [3.05, 3.63) is 17.3 Å². The van der Waals surface area contributed by atoms with Gasteiger partial charge in [0, 0.05) is 0 Å². The summed E-state index contributed by atoms with van der Waals surface area (Å²) in [6.45, 7) is 0. The van der Waals surface area contributed by atoms with E-state index in [0.717, 1.165) is 6.07 Å². The number of halogens is 1. The van der Waals surface area contributed by atoms with Crippen molar-refractivity contribution in [2.45, 2.75) is 5.03 Å². The Morgan fingerprint density at radius 2 is 2.00 bits per heavy atom. The molecule has 0 bridgehead atoms. The third-order valence-electron chi connectivity index (χ3n) is 0.872. The van der Waals surface area contributed by atoms with Gasteiger partial charge in [-0.15, -0.1) is 10.2 Å². The summed E-state index contributed by atoms with van der Waals surface area (Å²) in [5.74, 6) is 0. The van der Waals surface area contributed by atoms with Crippen LogP contribution in [0.25, 0.3) is 0 Å². The summed E-state index contributed by atoms with van der Waals surface area (Å²) in [6, 6.07) is 2.28. The van der Waals surface area contributed by atoms with Gasteiger partial charge in [-0.1, -0.05) is 11.6 Å². The fraction of sp³-hybridized carbons (Fsp3) is 0. The van der Waals surface area contributed by atoms with Gasteiger partial charge in [0.25, 0.3) is 0 Å². The average molecular weight is 195 g/mol. The summed E-state index contributed by atoms with van der Waals surface area (Å²) >= 11 is 5.31. The van der Waals surface area contributed by atoms with E-state index in [1.165, 1.54) is 6.07 Å². The molecule has 1 heterocycles. The molecule has 0 saturated carbocycles. The molecule has 0 aliphatic heterocycles. The highest BCUT2D eigenvalue weighted by Gasteiger charge is 2.10. The molecule has 1 aromatic rings. The Morgan fingerprint density at radius 1 is 1.36 bits per heavy atom. The van der Waals surface area contributed by atoms with Crippen LogP contribution in [-0.2, 0) is 10.1 Å². The molecule has 7 heteroatoms. The van der Waals surface area contributed by atoms with Gasteiger partial charge in [-0.2, -0.15) is 8.42 Å². The first-order chi connectivity index (χ1) is 5.00. The van der Waals surface area contributed by atoms with Crippen molar-refractivity contribution >= 4 is 21.7 Å².